The van der Waals surface area contributed by atoms with Crippen molar-refractivity contribution in [1.29, 1.82) is 0 Å². The molecule has 2 aromatic carbocycles. The maximum atomic E-state index is 13.7. The van der Waals surface area contributed by atoms with Crippen LogP contribution in [-0.4, -0.2) is 25.7 Å². The zero-order valence-corrected chi connectivity index (χ0v) is 14.5. The third kappa shape index (κ3) is 5.76. The normalized spacial score (nSPS) is 12.7. The van der Waals surface area contributed by atoms with E-state index in [0.29, 0.717) is 19.6 Å². The minimum absolute atomic E-state index is 0.224. The molecule has 0 aliphatic heterocycles. The maximum Gasteiger partial charge on any atom is 0.193 e. The summed E-state index contributed by atoms with van der Waals surface area (Å²) in [7, 11) is 1.64. The van der Waals surface area contributed by atoms with E-state index in [9.17, 15) is 4.39 Å². The van der Waals surface area contributed by atoms with E-state index in [1.54, 1.807) is 25.3 Å². The zero-order valence-electron chi connectivity index (χ0n) is 14.5. The predicted octanol–water partition coefficient (Wildman–Crippen LogP) is 3.56. The highest BCUT2D eigenvalue weighted by Gasteiger charge is 2.11. The summed E-state index contributed by atoms with van der Waals surface area (Å²) in [6, 6.07) is 14.0. The molecule has 1 atom stereocenters. The number of nitrogens with zero attached hydrogens (tertiary/aromatic N) is 1. The molecular formula is C19H24FN3O2. The second kappa shape index (κ2) is 9.64. The average Bonchev–Trinajstić information content (AvgIpc) is 2.62. The van der Waals surface area contributed by atoms with Crippen LogP contribution in [0.2, 0.25) is 0 Å². The Labute approximate surface area is 147 Å². The van der Waals surface area contributed by atoms with Crippen molar-refractivity contribution in [3.8, 4) is 5.75 Å². The van der Waals surface area contributed by atoms with Crippen LogP contribution in [0.1, 0.15) is 18.9 Å². The molecule has 134 valence electrons. The lowest BCUT2D eigenvalue weighted by atomic mass is 10.2. The van der Waals surface area contributed by atoms with E-state index in [2.05, 4.69) is 10.3 Å². The minimum atomic E-state index is -0.385. The first-order valence-corrected chi connectivity index (χ1v) is 8.19. The molecule has 2 aromatic rings. The van der Waals surface area contributed by atoms with Gasteiger partial charge in [-0.1, -0.05) is 37.3 Å². The summed E-state index contributed by atoms with van der Waals surface area (Å²) in [6.45, 7) is 2.76. The monoisotopic (exact) mass is 345 g/mol. The van der Waals surface area contributed by atoms with E-state index in [1.165, 1.54) is 6.07 Å². The number of para-hydroxylation sites is 2. The number of hydrogen-bond donors (Lipinski definition) is 2. The second-order valence-electron chi connectivity index (χ2n) is 5.52. The summed E-state index contributed by atoms with van der Waals surface area (Å²) >= 11 is 0. The molecule has 0 aliphatic rings. The molecule has 0 aliphatic carbocycles. The number of rotatable bonds is 8. The Morgan fingerprint density at radius 3 is 2.64 bits per heavy atom. The number of nitrogens with one attached hydrogen (secondary N) is 1. The van der Waals surface area contributed by atoms with Crippen LogP contribution in [0.5, 0.6) is 5.75 Å². The number of ether oxygens (including phenoxy) is 2. The van der Waals surface area contributed by atoms with Crippen molar-refractivity contribution in [1.82, 2.24) is 0 Å². The average molecular weight is 345 g/mol. The standard InChI is InChI=1S/C19H24FN3O2/c1-3-15(25-18-11-7-5-9-16(18)20)12-22-19(21)23-17-10-6-4-8-14(17)13-24-2/h4-11,15H,3,12-13H2,1-2H3,(H3,21,22,23). The van der Waals surface area contributed by atoms with Gasteiger partial charge in [0, 0.05) is 18.4 Å². The molecular weight excluding hydrogens is 321 g/mol. The summed E-state index contributed by atoms with van der Waals surface area (Å²) in [6.07, 6.45) is 0.428. The molecule has 2 rings (SSSR count). The minimum Gasteiger partial charge on any atom is -0.485 e. The van der Waals surface area contributed by atoms with Gasteiger partial charge in [0.25, 0.3) is 0 Å². The van der Waals surface area contributed by atoms with E-state index in [1.807, 2.05) is 31.2 Å². The molecule has 0 radical (unpaired) electrons. The van der Waals surface area contributed by atoms with E-state index in [0.717, 1.165) is 11.3 Å². The Bertz CT molecular complexity index is 707. The number of nitrogens with two attached hydrogens (primary N) is 1. The number of benzene rings is 2. The molecule has 0 saturated carbocycles. The van der Waals surface area contributed by atoms with Gasteiger partial charge in [0.15, 0.2) is 17.5 Å². The lowest BCUT2D eigenvalue weighted by Crippen LogP contribution is -2.27. The van der Waals surface area contributed by atoms with Crippen molar-refractivity contribution in [3.05, 3.63) is 59.9 Å². The zero-order chi connectivity index (χ0) is 18.1. The molecule has 3 N–H and O–H groups in total. The van der Waals surface area contributed by atoms with Gasteiger partial charge < -0.3 is 20.5 Å². The van der Waals surface area contributed by atoms with Crippen LogP contribution in [0.4, 0.5) is 10.1 Å². The highest BCUT2D eigenvalue weighted by atomic mass is 19.1. The van der Waals surface area contributed by atoms with E-state index in [-0.39, 0.29) is 23.6 Å². The van der Waals surface area contributed by atoms with Crippen LogP contribution in [-0.2, 0) is 11.3 Å². The number of anilines is 1. The first kappa shape index (κ1) is 18.7. The third-order valence-electron chi connectivity index (χ3n) is 3.63. The van der Waals surface area contributed by atoms with Gasteiger partial charge >= 0.3 is 0 Å². The predicted molar refractivity (Wildman–Crippen MR) is 98.4 cm³/mol. The maximum absolute atomic E-state index is 13.7. The van der Waals surface area contributed by atoms with Crippen LogP contribution >= 0.6 is 0 Å². The Morgan fingerprint density at radius 2 is 1.92 bits per heavy atom. The molecule has 5 nitrogen and oxygen atoms in total. The topological polar surface area (TPSA) is 68.9 Å². The highest BCUT2D eigenvalue weighted by Crippen LogP contribution is 2.18. The number of hydrogen-bond acceptors (Lipinski definition) is 3. The van der Waals surface area contributed by atoms with Gasteiger partial charge in [-0.2, -0.15) is 0 Å². The number of aliphatic imine (C=N–C) groups is 1. The Balaban J connectivity index is 1.98. The van der Waals surface area contributed by atoms with E-state index in [4.69, 9.17) is 15.2 Å². The van der Waals surface area contributed by atoms with Gasteiger partial charge in [-0.25, -0.2) is 9.38 Å². The molecule has 0 heterocycles. The highest BCUT2D eigenvalue weighted by molar-refractivity contribution is 5.92. The van der Waals surface area contributed by atoms with E-state index < -0.39 is 0 Å². The fraction of sp³-hybridized carbons (Fsp3) is 0.316. The van der Waals surface area contributed by atoms with E-state index >= 15 is 0 Å². The van der Waals surface area contributed by atoms with Crippen LogP contribution < -0.4 is 15.8 Å². The molecule has 0 spiro atoms. The van der Waals surface area contributed by atoms with Crippen molar-refractivity contribution >= 4 is 11.6 Å². The van der Waals surface area contributed by atoms with Gasteiger partial charge in [0.2, 0.25) is 0 Å². The van der Waals surface area contributed by atoms with Crippen LogP contribution in [0, 0.1) is 5.82 Å². The summed E-state index contributed by atoms with van der Waals surface area (Å²) in [4.78, 5) is 4.31. The summed E-state index contributed by atoms with van der Waals surface area (Å²) < 4.78 is 24.5. The summed E-state index contributed by atoms with van der Waals surface area (Å²) in [5, 5.41) is 3.07. The van der Waals surface area contributed by atoms with Crippen LogP contribution in [0.15, 0.2) is 53.5 Å². The molecule has 0 bridgehead atoms. The Morgan fingerprint density at radius 1 is 1.20 bits per heavy atom. The molecule has 1 unspecified atom stereocenters. The molecule has 0 fully saturated rings. The first-order chi connectivity index (χ1) is 12.1. The number of halogens is 1. The lowest BCUT2D eigenvalue weighted by Gasteiger charge is -2.17. The fourth-order valence-electron chi connectivity index (χ4n) is 2.27. The Kier molecular flexibility index (Phi) is 7.22. The van der Waals surface area contributed by atoms with Gasteiger partial charge in [-0.15, -0.1) is 0 Å². The third-order valence-corrected chi connectivity index (χ3v) is 3.63. The van der Waals surface area contributed by atoms with Gasteiger partial charge in [0.05, 0.1) is 13.2 Å². The SMILES string of the molecule is CCC(CN=C(N)Nc1ccccc1COC)Oc1ccccc1F. The fourth-order valence-corrected chi connectivity index (χ4v) is 2.27. The smallest absolute Gasteiger partial charge is 0.193 e. The summed E-state index contributed by atoms with van der Waals surface area (Å²) in [5.41, 5.74) is 7.79. The molecule has 0 amide bonds. The number of guanidine groups is 1. The Hall–Kier alpha value is -2.60. The van der Waals surface area contributed by atoms with Gasteiger partial charge in [-0.05, 0) is 24.6 Å². The summed E-state index contributed by atoms with van der Waals surface area (Å²) in [5.74, 6) is 0.116. The van der Waals surface area contributed by atoms with Crippen LogP contribution in [0.3, 0.4) is 0 Å². The van der Waals surface area contributed by atoms with Crippen molar-refractivity contribution in [2.75, 3.05) is 19.0 Å². The first-order valence-electron chi connectivity index (χ1n) is 8.19. The van der Waals surface area contributed by atoms with Gasteiger partial charge in [0.1, 0.15) is 6.10 Å². The largest absolute Gasteiger partial charge is 0.485 e. The van der Waals surface area contributed by atoms with Crippen LogP contribution in [0.25, 0.3) is 0 Å². The molecule has 0 saturated heterocycles. The second-order valence-corrected chi connectivity index (χ2v) is 5.52. The number of methoxy groups -OCH3 is 1. The van der Waals surface area contributed by atoms with Crippen molar-refractivity contribution in [3.63, 3.8) is 0 Å². The van der Waals surface area contributed by atoms with Crippen molar-refractivity contribution in [2.24, 2.45) is 10.7 Å². The quantitative estimate of drug-likeness (QED) is 0.567. The van der Waals surface area contributed by atoms with Gasteiger partial charge in [-0.3, -0.25) is 0 Å². The van der Waals surface area contributed by atoms with Crippen molar-refractivity contribution in [2.45, 2.75) is 26.1 Å². The molecule has 0 aromatic heterocycles. The molecule has 6 heteroatoms. The van der Waals surface area contributed by atoms with Crippen molar-refractivity contribution < 1.29 is 13.9 Å². The lowest BCUT2D eigenvalue weighted by molar-refractivity contribution is 0.185. The molecule has 25 heavy (non-hydrogen) atoms.